The Labute approximate surface area is 143 Å². The molecule has 1 saturated carbocycles. The lowest BCUT2D eigenvalue weighted by atomic mass is 9.96. The molecule has 2 N–H and O–H groups in total. The van der Waals surface area contributed by atoms with Crippen molar-refractivity contribution in [3.63, 3.8) is 0 Å². The smallest absolute Gasteiger partial charge is 0.346 e. The first-order chi connectivity index (χ1) is 11.6. The van der Waals surface area contributed by atoms with Gasteiger partial charge in [-0.2, -0.15) is 13.2 Å². The molecular weight excluding hydrogens is 337 g/mol. The molecule has 1 heterocycles. The van der Waals surface area contributed by atoms with Crippen LogP contribution in [0.15, 0.2) is 18.3 Å². The summed E-state index contributed by atoms with van der Waals surface area (Å²) in [6, 6.07) is 1.80. The number of hydrogen-bond donors (Lipinski definition) is 2. The number of pyridine rings is 1. The van der Waals surface area contributed by atoms with Crippen molar-refractivity contribution in [1.82, 2.24) is 15.2 Å². The van der Waals surface area contributed by atoms with Gasteiger partial charge in [-0.1, -0.05) is 12.8 Å². The summed E-state index contributed by atoms with van der Waals surface area (Å²) >= 11 is 0. The average molecular weight is 358 g/mol. The van der Waals surface area contributed by atoms with Gasteiger partial charge in [-0.25, -0.2) is 4.98 Å². The first kappa shape index (κ1) is 19.2. The highest BCUT2D eigenvalue weighted by molar-refractivity contribution is 6.39. The highest BCUT2D eigenvalue weighted by Gasteiger charge is 2.36. The number of carbonyl (C=O) groups is 2. The van der Waals surface area contributed by atoms with E-state index in [1.807, 2.05) is 14.1 Å². The second-order valence-electron chi connectivity index (χ2n) is 6.39. The maximum absolute atomic E-state index is 12.4. The van der Waals surface area contributed by atoms with Crippen LogP contribution in [0.4, 0.5) is 18.9 Å². The van der Waals surface area contributed by atoms with Gasteiger partial charge in [0.25, 0.3) is 0 Å². The zero-order chi connectivity index (χ0) is 18.7. The molecule has 0 bridgehead atoms. The molecule has 0 spiro atoms. The Bertz CT molecular complexity index is 623. The summed E-state index contributed by atoms with van der Waals surface area (Å²) in [5.41, 5.74) is -1.20. The number of rotatable bonds is 4. The lowest BCUT2D eigenvalue weighted by Gasteiger charge is -2.36. The Kier molecular flexibility index (Phi) is 5.66. The Morgan fingerprint density at radius 1 is 1.20 bits per heavy atom. The number of aromatic nitrogens is 1. The van der Waals surface area contributed by atoms with Crippen LogP contribution in [0.25, 0.3) is 0 Å². The van der Waals surface area contributed by atoms with E-state index in [0.717, 1.165) is 44.0 Å². The molecule has 0 aliphatic heterocycles. The third-order valence-corrected chi connectivity index (χ3v) is 4.58. The highest BCUT2D eigenvalue weighted by atomic mass is 19.4. The molecule has 0 radical (unpaired) electrons. The second kappa shape index (κ2) is 7.38. The molecule has 1 aromatic heterocycles. The van der Waals surface area contributed by atoms with Crippen LogP contribution in [-0.2, 0) is 15.8 Å². The van der Waals surface area contributed by atoms with Crippen LogP contribution in [0, 0.1) is 0 Å². The Morgan fingerprint density at radius 2 is 1.84 bits per heavy atom. The number of amides is 2. The van der Waals surface area contributed by atoms with E-state index in [1.165, 1.54) is 0 Å². The van der Waals surface area contributed by atoms with E-state index in [-0.39, 0.29) is 11.2 Å². The summed E-state index contributed by atoms with van der Waals surface area (Å²) < 4.78 is 37.3. The summed E-state index contributed by atoms with van der Waals surface area (Å²) in [5.74, 6) is -1.76. The number of anilines is 1. The fourth-order valence-electron chi connectivity index (χ4n) is 2.96. The van der Waals surface area contributed by atoms with Crippen LogP contribution >= 0.6 is 0 Å². The van der Waals surface area contributed by atoms with Crippen molar-refractivity contribution in [3.05, 3.63) is 24.0 Å². The topological polar surface area (TPSA) is 74.3 Å². The quantitative estimate of drug-likeness (QED) is 0.808. The molecule has 0 atom stereocenters. The number of nitrogens with zero attached hydrogens (tertiary/aromatic N) is 2. The van der Waals surface area contributed by atoms with Gasteiger partial charge in [-0.05, 0) is 39.1 Å². The lowest BCUT2D eigenvalue weighted by Crippen LogP contribution is -2.52. The second-order valence-corrected chi connectivity index (χ2v) is 6.39. The minimum absolute atomic E-state index is 0.0244. The van der Waals surface area contributed by atoms with Gasteiger partial charge in [0.1, 0.15) is 5.69 Å². The number of halogens is 3. The molecule has 25 heavy (non-hydrogen) atoms. The molecule has 1 aliphatic carbocycles. The van der Waals surface area contributed by atoms with Gasteiger partial charge < -0.3 is 15.5 Å². The normalized spacial score (nSPS) is 16.7. The number of nitrogens with one attached hydrogen (secondary N) is 2. The SMILES string of the molecule is CN(C)C1(CNC(=O)C(=O)Nc2ccc(C(F)(F)F)nc2)CCCC1. The molecule has 1 aromatic rings. The monoisotopic (exact) mass is 358 g/mol. The standard InChI is InChI=1S/C16H21F3N4O2/c1-23(2)15(7-3-4-8-15)10-21-13(24)14(25)22-11-5-6-12(20-9-11)16(17,18)19/h5-6,9H,3-4,7-8,10H2,1-2H3,(H,21,24)(H,22,25). The molecule has 2 amide bonds. The maximum Gasteiger partial charge on any atom is 0.433 e. The summed E-state index contributed by atoms with van der Waals surface area (Å²) in [6.45, 7) is 0.345. The van der Waals surface area contributed by atoms with Crippen molar-refractivity contribution in [1.29, 1.82) is 0 Å². The minimum Gasteiger partial charge on any atom is -0.346 e. The van der Waals surface area contributed by atoms with E-state index in [2.05, 4.69) is 20.5 Å². The Morgan fingerprint density at radius 3 is 2.32 bits per heavy atom. The van der Waals surface area contributed by atoms with E-state index in [9.17, 15) is 22.8 Å². The third-order valence-electron chi connectivity index (χ3n) is 4.58. The Hall–Kier alpha value is -2.16. The minimum atomic E-state index is -4.55. The third kappa shape index (κ3) is 4.68. The lowest BCUT2D eigenvalue weighted by molar-refractivity contribution is -0.141. The van der Waals surface area contributed by atoms with Crippen LogP contribution in [0.1, 0.15) is 31.4 Å². The molecule has 0 unspecified atom stereocenters. The van der Waals surface area contributed by atoms with Crippen LogP contribution in [0.3, 0.4) is 0 Å². The van der Waals surface area contributed by atoms with E-state index >= 15 is 0 Å². The molecule has 6 nitrogen and oxygen atoms in total. The molecule has 1 fully saturated rings. The van der Waals surface area contributed by atoms with Crippen molar-refractivity contribution in [2.75, 3.05) is 26.0 Å². The van der Waals surface area contributed by atoms with E-state index in [0.29, 0.717) is 6.54 Å². The molecule has 1 aliphatic rings. The summed E-state index contributed by atoms with van der Waals surface area (Å²) in [7, 11) is 3.87. The average Bonchev–Trinajstić information content (AvgIpc) is 3.02. The number of likely N-dealkylation sites (N-methyl/N-ethyl adjacent to an activating group) is 1. The van der Waals surface area contributed by atoms with Crippen molar-refractivity contribution in [2.24, 2.45) is 0 Å². The summed E-state index contributed by atoms with van der Waals surface area (Å²) in [4.78, 5) is 29.1. The maximum atomic E-state index is 12.4. The van der Waals surface area contributed by atoms with E-state index in [1.54, 1.807) is 0 Å². The van der Waals surface area contributed by atoms with E-state index in [4.69, 9.17) is 0 Å². The van der Waals surface area contributed by atoms with Gasteiger partial charge in [0, 0.05) is 12.1 Å². The summed E-state index contributed by atoms with van der Waals surface area (Å²) in [6.07, 6.45) is 0.318. The van der Waals surface area contributed by atoms with Gasteiger partial charge in [-0.3, -0.25) is 9.59 Å². The first-order valence-electron chi connectivity index (χ1n) is 7.94. The number of hydrogen-bond acceptors (Lipinski definition) is 4. The van der Waals surface area contributed by atoms with Gasteiger partial charge in [0.2, 0.25) is 0 Å². The van der Waals surface area contributed by atoms with Gasteiger partial charge in [0.05, 0.1) is 11.9 Å². The zero-order valence-corrected chi connectivity index (χ0v) is 14.1. The molecule has 0 saturated heterocycles. The zero-order valence-electron chi connectivity index (χ0n) is 14.1. The molecule has 9 heteroatoms. The number of alkyl halides is 3. The predicted octanol–water partition coefficient (Wildman–Crippen LogP) is 2.03. The van der Waals surface area contributed by atoms with Crippen molar-refractivity contribution < 1.29 is 22.8 Å². The molecular formula is C16H21F3N4O2. The fraction of sp³-hybridized carbons (Fsp3) is 0.562. The number of carbonyl (C=O) groups excluding carboxylic acids is 2. The highest BCUT2D eigenvalue weighted by Crippen LogP contribution is 2.33. The van der Waals surface area contributed by atoms with Gasteiger partial charge in [-0.15, -0.1) is 0 Å². The van der Waals surface area contributed by atoms with Crippen molar-refractivity contribution >= 4 is 17.5 Å². The predicted molar refractivity (Wildman–Crippen MR) is 85.8 cm³/mol. The molecule has 2 rings (SSSR count). The summed E-state index contributed by atoms with van der Waals surface area (Å²) in [5, 5.41) is 4.85. The van der Waals surface area contributed by atoms with Crippen LogP contribution in [-0.4, -0.2) is 47.9 Å². The van der Waals surface area contributed by atoms with Gasteiger partial charge in [0.15, 0.2) is 0 Å². The van der Waals surface area contributed by atoms with Crippen LogP contribution in [0.2, 0.25) is 0 Å². The first-order valence-corrected chi connectivity index (χ1v) is 7.94. The van der Waals surface area contributed by atoms with Crippen molar-refractivity contribution in [3.8, 4) is 0 Å². The Balaban J connectivity index is 1.91. The van der Waals surface area contributed by atoms with Crippen LogP contribution < -0.4 is 10.6 Å². The van der Waals surface area contributed by atoms with E-state index < -0.39 is 23.7 Å². The van der Waals surface area contributed by atoms with Crippen LogP contribution in [0.5, 0.6) is 0 Å². The largest absolute Gasteiger partial charge is 0.433 e. The van der Waals surface area contributed by atoms with Crippen molar-refractivity contribution in [2.45, 2.75) is 37.4 Å². The fourth-order valence-corrected chi connectivity index (χ4v) is 2.96. The van der Waals surface area contributed by atoms with Gasteiger partial charge >= 0.3 is 18.0 Å². The molecule has 138 valence electrons. The molecule has 0 aromatic carbocycles.